The number of nitrogens with zero attached hydrogens (tertiary/aromatic N) is 1. The van der Waals surface area contributed by atoms with Crippen molar-refractivity contribution in [1.29, 1.82) is 0 Å². The predicted molar refractivity (Wildman–Crippen MR) is 113 cm³/mol. The van der Waals surface area contributed by atoms with Crippen LogP contribution < -0.4 is 16.2 Å². The molecule has 1 aromatic heterocycles. The highest BCUT2D eigenvalue weighted by Crippen LogP contribution is 2.18. The minimum absolute atomic E-state index is 0. The number of pyridine rings is 1. The van der Waals surface area contributed by atoms with Gasteiger partial charge in [-0.05, 0) is 68.4 Å². The first-order valence-electron chi connectivity index (χ1n) is 8.93. The smallest absolute Gasteiger partial charge is 0.263 e. The predicted octanol–water partition coefficient (Wildman–Crippen LogP) is 3.15. The maximum atomic E-state index is 12.9. The third-order valence-electron chi connectivity index (χ3n) is 4.87. The van der Waals surface area contributed by atoms with Crippen molar-refractivity contribution in [3.63, 3.8) is 0 Å². The van der Waals surface area contributed by atoms with Crippen molar-refractivity contribution in [3.8, 4) is 0 Å². The topological polar surface area (TPSA) is 63.1 Å². The molecule has 3 rings (SSSR count). The molecular formula is C20H26ClN3O2S. The molecule has 0 unspecified atom stereocenters. The van der Waals surface area contributed by atoms with Crippen LogP contribution in [-0.4, -0.2) is 29.8 Å². The molecule has 7 heteroatoms. The van der Waals surface area contributed by atoms with Crippen LogP contribution in [0.15, 0.2) is 46.2 Å². The normalized spacial score (nSPS) is 14.4. The minimum atomic E-state index is -0.301. The lowest BCUT2D eigenvalue weighted by Crippen LogP contribution is -2.38. The number of carbonyl (C=O) groups is 1. The van der Waals surface area contributed by atoms with Gasteiger partial charge in [0.2, 0.25) is 0 Å². The van der Waals surface area contributed by atoms with Gasteiger partial charge in [0.05, 0.1) is 0 Å². The van der Waals surface area contributed by atoms with Crippen LogP contribution in [0.3, 0.4) is 0 Å². The molecular weight excluding hydrogens is 382 g/mol. The second kappa shape index (κ2) is 9.97. The Bertz CT molecular complexity index is 830. The van der Waals surface area contributed by atoms with Crippen molar-refractivity contribution >= 4 is 30.1 Å². The number of thioether (sulfide) groups is 1. The molecule has 2 N–H and O–H groups in total. The third kappa shape index (κ3) is 5.15. The van der Waals surface area contributed by atoms with E-state index in [1.54, 1.807) is 16.3 Å². The van der Waals surface area contributed by atoms with Crippen LogP contribution in [0.25, 0.3) is 0 Å². The van der Waals surface area contributed by atoms with E-state index in [2.05, 4.69) is 10.6 Å². The minimum Gasteiger partial charge on any atom is -0.348 e. The summed E-state index contributed by atoms with van der Waals surface area (Å²) in [5.74, 6) is -0.301. The fourth-order valence-electron chi connectivity index (χ4n) is 3.30. The Morgan fingerprint density at radius 1 is 1.22 bits per heavy atom. The summed E-state index contributed by atoms with van der Waals surface area (Å²) in [7, 11) is 0. The summed E-state index contributed by atoms with van der Waals surface area (Å²) in [6.45, 7) is 4.03. The van der Waals surface area contributed by atoms with Gasteiger partial charge in [-0.3, -0.25) is 9.59 Å². The number of hydrogen-bond donors (Lipinski definition) is 2. The molecule has 27 heavy (non-hydrogen) atoms. The average molecular weight is 408 g/mol. The lowest BCUT2D eigenvalue weighted by atomic mass is 10.0. The van der Waals surface area contributed by atoms with Gasteiger partial charge >= 0.3 is 0 Å². The lowest BCUT2D eigenvalue weighted by Gasteiger charge is -2.25. The molecule has 1 aliphatic rings. The molecule has 0 saturated carbocycles. The van der Waals surface area contributed by atoms with Gasteiger partial charge in [-0.1, -0.05) is 12.1 Å². The molecule has 2 aromatic rings. The number of halogens is 1. The monoisotopic (exact) mass is 407 g/mol. The molecule has 0 spiro atoms. The second-order valence-electron chi connectivity index (χ2n) is 6.60. The Balaban J connectivity index is 0.00000261. The van der Waals surface area contributed by atoms with Crippen molar-refractivity contribution in [2.45, 2.75) is 37.2 Å². The molecule has 1 aliphatic heterocycles. The molecule has 1 fully saturated rings. The Morgan fingerprint density at radius 3 is 2.52 bits per heavy atom. The summed E-state index contributed by atoms with van der Waals surface area (Å²) in [6.07, 6.45) is 5.67. The number of aryl methyl sites for hydroxylation is 1. The summed E-state index contributed by atoms with van der Waals surface area (Å²) in [5.41, 5.74) is 1.80. The van der Waals surface area contributed by atoms with Crippen LogP contribution in [-0.2, 0) is 6.54 Å². The van der Waals surface area contributed by atoms with E-state index >= 15 is 0 Å². The highest BCUT2D eigenvalue weighted by molar-refractivity contribution is 7.98. The Hall–Kier alpha value is -1.76. The van der Waals surface area contributed by atoms with Gasteiger partial charge in [-0.2, -0.15) is 0 Å². The molecule has 5 nitrogen and oxygen atoms in total. The average Bonchev–Trinajstić information content (AvgIpc) is 2.67. The maximum absolute atomic E-state index is 12.9. The van der Waals surface area contributed by atoms with Crippen LogP contribution >= 0.6 is 24.2 Å². The summed E-state index contributed by atoms with van der Waals surface area (Å²) in [6, 6.07) is 10.1. The largest absolute Gasteiger partial charge is 0.348 e. The Labute approximate surface area is 170 Å². The van der Waals surface area contributed by atoms with Crippen molar-refractivity contribution in [3.05, 3.63) is 63.6 Å². The number of rotatable bonds is 5. The van der Waals surface area contributed by atoms with Crippen molar-refractivity contribution in [2.24, 2.45) is 0 Å². The van der Waals surface area contributed by atoms with E-state index in [9.17, 15) is 9.59 Å². The van der Waals surface area contributed by atoms with Gasteiger partial charge in [0.1, 0.15) is 5.56 Å². The highest BCUT2D eigenvalue weighted by Gasteiger charge is 2.21. The van der Waals surface area contributed by atoms with Crippen molar-refractivity contribution < 1.29 is 4.79 Å². The fraction of sp³-hybridized carbons (Fsp3) is 0.400. The van der Waals surface area contributed by atoms with E-state index in [-0.39, 0.29) is 35.5 Å². The number of nitrogens with one attached hydrogen (secondary N) is 2. The first kappa shape index (κ1) is 21.5. The number of aromatic nitrogens is 1. The SMILES string of the molecule is CSc1ccc(CNC(=O)c2c(C)ccn(C3CCNCC3)c2=O)cc1.Cl. The molecule has 2 heterocycles. The van der Waals surface area contributed by atoms with Gasteiger partial charge in [-0.15, -0.1) is 24.2 Å². The summed E-state index contributed by atoms with van der Waals surface area (Å²) >= 11 is 1.68. The first-order valence-corrected chi connectivity index (χ1v) is 10.2. The van der Waals surface area contributed by atoms with Crippen LogP contribution in [0, 0.1) is 6.92 Å². The first-order chi connectivity index (χ1) is 12.6. The van der Waals surface area contributed by atoms with Crippen LogP contribution in [0.1, 0.15) is 40.4 Å². The molecule has 0 radical (unpaired) electrons. The third-order valence-corrected chi connectivity index (χ3v) is 5.61. The fourth-order valence-corrected chi connectivity index (χ4v) is 3.71. The van der Waals surface area contributed by atoms with Crippen LogP contribution in [0.4, 0.5) is 0 Å². The van der Waals surface area contributed by atoms with Crippen LogP contribution in [0.2, 0.25) is 0 Å². The van der Waals surface area contributed by atoms with Gasteiger partial charge in [0.25, 0.3) is 11.5 Å². The van der Waals surface area contributed by atoms with Gasteiger partial charge in [0.15, 0.2) is 0 Å². The quantitative estimate of drug-likeness (QED) is 0.747. The van der Waals surface area contributed by atoms with Gasteiger partial charge < -0.3 is 15.2 Å². The highest BCUT2D eigenvalue weighted by atomic mass is 35.5. The van der Waals surface area contributed by atoms with E-state index in [0.717, 1.165) is 37.1 Å². The van der Waals surface area contributed by atoms with E-state index in [4.69, 9.17) is 0 Å². The zero-order chi connectivity index (χ0) is 18.5. The zero-order valence-corrected chi connectivity index (χ0v) is 17.3. The molecule has 0 atom stereocenters. The number of carbonyl (C=O) groups excluding carboxylic acids is 1. The van der Waals surface area contributed by atoms with Gasteiger partial charge in [0, 0.05) is 23.7 Å². The van der Waals surface area contributed by atoms with E-state index < -0.39 is 0 Å². The number of benzene rings is 1. The summed E-state index contributed by atoms with van der Waals surface area (Å²) < 4.78 is 1.73. The molecule has 1 aromatic carbocycles. The van der Waals surface area contributed by atoms with Crippen molar-refractivity contribution in [2.75, 3.05) is 19.3 Å². The standard InChI is InChI=1S/C20H25N3O2S.ClH/c1-14-9-12-23(16-7-10-21-11-8-16)20(25)18(14)19(24)22-13-15-3-5-17(26-2)6-4-15;/h3-6,9,12,16,21H,7-8,10-11,13H2,1-2H3,(H,22,24);1H. The van der Waals surface area contributed by atoms with E-state index in [0.29, 0.717) is 6.54 Å². The number of amides is 1. The molecule has 0 aliphatic carbocycles. The molecule has 1 amide bonds. The van der Waals surface area contributed by atoms with E-state index in [1.165, 1.54) is 4.90 Å². The second-order valence-corrected chi connectivity index (χ2v) is 7.48. The van der Waals surface area contributed by atoms with Gasteiger partial charge in [-0.25, -0.2) is 0 Å². The van der Waals surface area contributed by atoms with Crippen molar-refractivity contribution in [1.82, 2.24) is 15.2 Å². The number of hydrogen-bond acceptors (Lipinski definition) is 4. The molecule has 146 valence electrons. The van der Waals surface area contributed by atoms with E-state index in [1.807, 2.05) is 49.7 Å². The van der Waals surface area contributed by atoms with Crippen LogP contribution in [0.5, 0.6) is 0 Å². The Kier molecular flexibility index (Phi) is 7.95. The Morgan fingerprint density at radius 2 is 1.89 bits per heavy atom. The summed E-state index contributed by atoms with van der Waals surface area (Å²) in [5, 5.41) is 6.20. The molecule has 0 bridgehead atoms. The number of piperidine rings is 1. The summed E-state index contributed by atoms with van der Waals surface area (Å²) in [4.78, 5) is 26.8. The maximum Gasteiger partial charge on any atom is 0.263 e. The molecule has 1 saturated heterocycles. The zero-order valence-electron chi connectivity index (χ0n) is 15.7. The lowest BCUT2D eigenvalue weighted by molar-refractivity contribution is 0.0947.